The van der Waals surface area contributed by atoms with Crippen LogP contribution in [0.2, 0.25) is 5.02 Å². The summed E-state index contributed by atoms with van der Waals surface area (Å²) in [6.45, 7) is 3.72. The molecule has 0 aliphatic carbocycles. The number of carboxylic acid groups (broad SMARTS) is 1. The third-order valence-electron chi connectivity index (χ3n) is 3.12. The number of ether oxygens (including phenoxy) is 1. The molecule has 2 rings (SSSR count). The molecule has 21 heavy (non-hydrogen) atoms. The number of hydrogen-bond acceptors (Lipinski definition) is 5. The summed E-state index contributed by atoms with van der Waals surface area (Å²) < 4.78 is 4.88. The molecule has 7 heteroatoms. The molecule has 0 radical (unpaired) electrons. The number of carbonyl (C=O) groups is 2. The molecule has 0 saturated carbocycles. The van der Waals surface area contributed by atoms with Crippen LogP contribution in [0.3, 0.4) is 0 Å². The SMILES string of the molecule is CCOC(=O)C1=NN(c2cc(Cl)ccc2C)C(C(=O)O)C1. The summed E-state index contributed by atoms with van der Waals surface area (Å²) in [5.41, 5.74) is 1.48. The van der Waals surface area contributed by atoms with E-state index in [1.54, 1.807) is 25.1 Å². The van der Waals surface area contributed by atoms with Crippen molar-refractivity contribution in [1.82, 2.24) is 0 Å². The molecule has 0 saturated heterocycles. The minimum atomic E-state index is -1.06. The molecule has 6 nitrogen and oxygen atoms in total. The first kappa shape index (κ1) is 15.3. The highest BCUT2D eigenvalue weighted by molar-refractivity contribution is 6.38. The molecule has 1 aliphatic heterocycles. The van der Waals surface area contributed by atoms with Gasteiger partial charge >= 0.3 is 11.9 Å². The average Bonchev–Trinajstić information content (AvgIpc) is 2.87. The summed E-state index contributed by atoms with van der Waals surface area (Å²) in [6, 6.07) is 4.17. The molecule has 0 aromatic heterocycles. The zero-order chi connectivity index (χ0) is 15.6. The highest BCUT2D eigenvalue weighted by atomic mass is 35.5. The summed E-state index contributed by atoms with van der Waals surface area (Å²) in [7, 11) is 0. The van der Waals surface area contributed by atoms with Gasteiger partial charge in [-0.05, 0) is 31.5 Å². The Morgan fingerprint density at radius 2 is 2.24 bits per heavy atom. The first-order valence-corrected chi connectivity index (χ1v) is 6.84. The van der Waals surface area contributed by atoms with Gasteiger partial charge in [0.1, 0.15) is 5.71 Å². The van der Waals surface area contributed by atoms with Gasteiger partial charge in [-0.3, -0.25) is 0 Å². The van der Waals surface area contributed by atoms with Crippen molar-refractivity contribution in [2.45, 2.75) is 26.3 Å². The Morgan fingerprint density at radius 1 is 1.52 bits per heavy atom. The quantitative estimate of drug-likeness (QED) is 0.863. The number of aryl methyl sites for hydroxylation is 1. The number of aliphatic carboxylic acids is 1. The molecule has 1 aromatic rings. The number of hydrogen-bond donors (Lipinski definition) is 1. The Labute approximate surface area is 127 Å². The van der Waals surface area contributed by atoms with Gasteiger partial charge in [0.05, 0.1) is 12.3 Å². The molecular formula is C14H15ClN2O4. The fraction of sp³-hybridized carbons (Fsp3) is 0.357. The predicted octanol–water partition coefficient (Wildman–Crippen LogP) is 2.23. The summed E-state index contributed by atoms with van der Waals surface area (Å²) in [5, 5.41) is 15.2. The van der Waals surface area contributed by atoms with Gasteiger partial charge in [0, 0.05) is 11.4 Å². The van der Waals surface area contributed by atoms with E-state index in [0.29, 0.717) is 10.7 Å². The second kappa shape index (κ2) is 6.13. The van der Waals surface area contributed by atoms with Gasteiger partial charge in [-0.15, -0.1) is 0 Å². The van der Waals surface area contributed by atoms with E-state index in [1.807, 2.05) is 6.92 Å². The van der Waals surface area contributed by atoms with Crippen LogP contribution in [-0.4, -0.2) is 35.4 Å². The monoisotopic (exact) mass is 310 g/mol. The zero-order valence-electron chi connectivity index (χ0n) is 11.7. The largest absolute Gasteiger partial charge is 0.480 e. The van der Waals surface area contributed by atoms with Crippen molar-refractivity contribution >= 4 is 34.9 Å². The van der Waals surface area contributed by atoms with E-state index in [2.05, 4.69) is 5.10 Å². The molecule has 1 unspecified atom stereocenters. The standard InChI is InChI=1S/C14H15ClN2O4/c1-3-21-14(20)10-7-12(13(18)19)17(16-10)11-6-9(15)5-4-8(11)2/h4-6,12H,3,7H2,1-2H3,(H,18,19). The normalized spacial score (nSPS) is 17.6. The van der Waals surface area contributed by atoms with Gasteiger partial charge < -0.3 is 9.84 Å². The number of nitrogens with zero attached hydrogens (tertiary/aromatic N) is 2. The molecule has 0 amide bonds. The Hall–Kier alpha value is -2.08. The zero-order valence-corrected chi connectivity index (χ0v) is 12.4. The van der Waals surface area contributed by atoms with E-state index in [1.165, 1.54) is 5.01 Å². The number of halogens is 1. The molecule has 0 bridgehead atoms. The highest BCUT2D eigenvalue weighted by Gasteiger charge is 2.37. The lowest BCUT2D eigenvalue weighted by atomic mass is 10.1. The summed E-state index contributed by atoms with van der Waals surface area (Å²) in [5.74, 6) is -1.65. The number of hydrazone groups is 1. The minimum Gasteiger partial charge on any atom is -0.480 e. The molecular weight excluding hydrogens is 296 g/mol. The van der Waals surface area contributed by atoms with E-state index in [-0.39, 0.29) is 18.7 Å². The molecule has 0 spiro atoms. The van der Waals surface area contributed by atoms with Crippen LogP contribution in [-0.2, 0) is 14.3 Å². The Balaban J connectivity index is 2.40. The average molecular weight is 311 g/mol. The summed E-state index contributed by atoms with van der Waals surface area (Å²) in [4.78, 5) is 23.2. The van der Waals surface area contributed by atoms with Gasteiger partial charge in [-0.25, -0.2) is 14.6 Å². The van der Waals surface area contributed by atoms with Crippen LogP contribution < -0.4 is 5.01 Å². The Bertz CT molecular complexity index is 615. The second-order valence-corrected chi connectivity index (χ2v) is 5.04. The van der Waals surface area contributed by atoms with E-state index in [0.717, 1.165) is 5.56 Å². The summed E-state index contributed by atoms with van der Waals surface area (Å²) >= 11 is 5.96. The van der Waals surface area contributed by atoms with Gasteiger partial charge in [-0.2, -0.15) is 5.10 Å². The van der Waals surface area contributed by atoms with Crippen molar-refractivity contribution in [1.29, 1.82) is 0 Å². The van der Waals surface area contributed by atoms with Crippen LogP contribution in [0.5, 0.6) is 0 Å². The van der Waals surface area contributed by atoms with Crippen molar-refractivity contribution in [2.24, 2.45) is 5.10 Å². The number of esters is 1. The van der Waals surface area contributed by atoms with Crippen molar-refractivity contribution < 1.29 is 19.4 Å². The highest BCUT2D eigenvalue weighted by Crippen LogP contribution is 2.30. The van der Waals surface area contributed by atoms with E-state index < -0.39 is 18.0 Å². The molecule has 1 N–H and O–H groups in total. The molecule has 1 heterocycles. The fourth-order valence-electron chi connectivity index (χ4n) is 2.09. The summed E-state index contributed by atoms with van der Waals surface area (Å²) in [6.07, 6.45) is 0.000119. The number of carboxylic acids is 1. The third kappa shape index (κ3) is 3.16. The van der Waals surface area contributed by atoms with Crippen LogP contribution in [0.1, 0.15) is 18.9 Å². The fourth-order valence-corrected chi connectivity index (χ4v) is 2.26. The van der Waals surface area contributed by atoms with Crippen molar-refractivity contribution in [3.8, 4) is 0 Å². The van der Waals surface area contributed by atoms with Gasteiger partial charge in [-0.1, -0.05) is 17.7 Å². The van der Waals surface area contributed by atoms with Gasteiger partial charge in [0.25, 0.3) is 0 Å². The van der Waals surface area contributed by atoms with Crippen LogP contribution in [0, 0.1) is 6.92 Å². The van der Waals surface area contributed by atoms with Crippen molar-refractivity contribution in [3.05, 3.63) is 28.8 Å². The van der Waals surface area contributed by atoms with Crippen molar-refractivity contribution in [3.63, 3.8) is 0 Å². The number of carbonyl (C=O) groups excluding carboxylic acids is 1. The Morgan fingerprint density at radius 3 is 2.86 bits per heavy atom. The molecule has 0 fully saturated rings. The lowest BCUT2D eigenvalue weighted by Gasteiger charge is -2.22. The molecule has 1 atom stereocenters. The maximum atomic E-state index is 11.7. The number of rotatable bonds is 4. The van der Waals surface area contributed by atoms with E-state index >= 15 is 0 Å². The lowest BCUT2D eigenvalue weighted by molar-refractivity contribution is -0.138. The van der Waals surface area contributed by atoms with Gasteiger partial charge in [0.15, 0.2) is 6.04 Å². The maximum Gasteiger partial charge on any atom is 0.354 e. The van der Waals surface area contributed by atoms with Gasteiger partial charge in [0.2, 0.25) is 0 Å². The predicted molar refractivity (Wildman–Crippen MR) is 78.8 cm³/mol. The first-order chi connectivity index (χ1) is 9.93. The number of anilines is 1. The minimum absolute atomic E-state index is 0.000119. The molecule has 112 valence electrons. The smallest absolute Gasteiger partial charge is 0.354 e. The van der Waals surface area contributed by atoms with Crippen LogP contribution >= 0.6 is 11.6 Å². The third-order valence-corrected chi connectivity index (χ3v) is 3.36. The van der Waals surface area contributed by atoms with E-state index in [4.69, 9.17) is 16.3 Å². The van der Waals surface area contributed by atoms with E-state index in [9.17, 15) is 14.7 Å². The van der Waals surface area contributed by atoms with Crippen LogP contribution in [0.25, 0.3) is 0 Å². The maximum absolute atomic E-state index is 11.7. The number of benzene rings is 1. The first-order valence-electron chi connectivity index (χ1n) is 6.46. The molecule has 1 aliphatic rings. The second-order valence-electron chi connectivity index (χ2n) is 4.60. The topological polar surface area (TPSA) is 79.2 Å². The molecule has 1 aromatic carbocycles. The van der Waals surface area contributed by atoms with Crippen LogP contribution in [0.15, 0.2) is 23.3 Å². The Kier molecular flexibility index (Phi) is 4.47. The lowest BCUT2D eigenvalue weighted by Crippen LogP contribution is -2.34. The van der Waals surface area contributed by atoms with Crippen LogP contribution in [0.4, 0.5) is 5.69 Å². The van der Waals surface area contributed by atoms with Crippen molar-refractivity contribution in [2.75, 3.05) is 11.6 Å².